The highest BCUT2D eigenvalue weighted by atomic mass is 32.2. The van der Waals surface area contributed by atoms with Crippen molar-refractivity contribution in [1.82, 2.24) is 14.9 Å². The summed E-state index contributed by atoms with van der Waals surface area (Å²) in [5, 5.41) is 1.73. The molecular weight excluding hydrogens is 378 g/mol. The van der Waals surface area contributed by atoms with Gasteiger partial charge in [0.15, 0.2) is 5.82 Å². The van der Waals surface area contributed by atoms with Gasteiger partial charge in [-0.2, -0.15) is 0 Å². The normalized spacial score (nSPS) is 15.9. The molecule has 0 aliphatic carbocycles. The minimum absolute atomic E-state index is 0.171. The molecular formula is C24H27N3OS. The van der Waals surface area contributed by atoms with Crippen LogP contribution in [0.5, 0.6) is 0 Å². The van der Waals surface area contributed by atoms with Crippen molar-refractivity contribution in [2.75, 3.05) is 13.1 Å². The number of carbonyl (C=O) groups excluding carboxylic acids is 1. The highest BCUT2D eigenvalue weighted by Gasteiger charge is 2.24. The number of hydrogen-bond donors (Lipinski definition) is 0. The van der Waals surface area contributed by atoms with Crippen molar-refractivity contribution < 1.29 is 4.79 Å². The van der Waals surface area contributed by atoms with Crippen LogP contribution < -0.4 is 0 Å². The largest absolute Gasteiger partial charge is 0.342 e. The minimum Gasteiger partial charge on any atom is -0.342 e. The van der Waals surface area contributed by atoms with Gasteiger partial charge in [0.1, 0.15) is 5.03 Å². The summed E-state index contributed by atoms with van der Waals surface area (Å²) in [5.74, 6) is 0.927. The lowest BCUT2D eigenvalue weighted by atomic mass is 10.1. The van der Waals surface area contributed by atoms with Crippen LogP contribution in [0.1, 0.15) is 38.2 Å². The van der Waals surface area contributed by atoms with E-state index in [-0.39, 0.29) is 11.2 Å². The quantitative estimate of drug-likeness (QED) is 0.425. The Bertz CT molecular complexity index is 998. The SMILES string of the molecule is Cc1ccc2nc(-c3ccccc3)nc(S[C@H](C)C(=O)N3CCCCCC3)c2c1. The molecule has 0 radical (unpaired) electrons. The summed E-state index contributed by atoms with van der Waals surface area (Å²) in [4.78, 5) is 24.8. The van der Waals surface area contributed by atoms with E-state index in [0.717, 1.165) is 47.4 Å². The lowest BCUT2D eigenvalue weighted by Crippen LogP contribution is -2.37. The zero-order valence-electron chi connectivity index (χ0n) is 17.1. The zero-order chi connectivity index (χ0) is 20.2. The molecule has 1 atom stereocenters. The molecule has 1 aliphatic rings. The second kappa shape index (κ2) is 8.95. The van der Waals surface area contributed by atoms with E-state index >= 15 is 0 Å². The molecule has 2 aromatic carbocycles. The number of aryl methyl sites for hydroxylation is 1. The van der Waals surface area contributed by atoms with Crippen LogP contribution in [0.2, 0.25) is 0 Å². The van der Waals surface area contributed by atoms with Crippen LogP contribution in [0.25, 0.3) is 22.3 Å². The number of nitrogens with zero attached hydrogens (tertiary/aromatic N) is 3. The first kappa shape index (κ1) is 19.9. The number of hydrogen-bond acceptors (Lipinski definition) is 4. The van der Waals surface area contributed by atoms with E-state index in [9.17, 15) is 4.79 Å². The highest BCUT2D eigenvalue weighted by molar-refractivity contribution is 8.00. The fourth-order valence-corrected chi connectivity index (χ4v) is 4.80. The molecule has 150 valence electrons. The zero-order valence-corrected chi connectivity index (χ0v) is 17.9. The first-order chi connectivity index (χ1) is 14.1. The number of carbonyl (C=O) groups is 1. The number of benzene rings is 2. The average Bonchev–Trinajstić information content (AvgIpc) is 3.03. The lowest BCUT2D eigenvalue weighted by Gasteiger charge is -2.24. The van der Waals surface area contributed by atoms with E-state index in [1.54, 1.807) is 11.8 Å². The second-order valence-electron chi connectivity index (χ2n) is 7.74. The lowest BCUT2D eigenvalue weighted by molar-refractivity contribution is -0.130. The van der Waals surface area contributed by atoms with E-state index in [4.69, 9.17) is 9.97 Å². The van der Waals surface area contributed by atoms with Gasteiger partial charge in [0.25, 0.3) is 0 Å². The Labute approximate surface area is 176 Å². The summed E-state index contributed by atoms with van der Waals surface area (Å²) in [6, 6.07) is 16.3. The molecule has 29 heavy (non-hydrogen) atoms. The number of thioether (sulfide) groups is 1. The smallest absolute Gasteiger partial charge is 0.235 e. The van der Waals surface area contributed by atoms with Gasteiger partial charge in [-0.1, -0.05) is 66.6 Å². The summed E-state index contributed by atoms with van der Waals surface area (Å²) < 4.78 is 0. The van der Waals surface area contributed by atoms with E-state index in [1.165, 1.54) is 18.4 Å². The predicted octanol–water partition coefficient (Wildman–Crippen LogP) is 5.49. The van der Waals surface area contributed by atoms with Gasteiger partial charge in [-0.3, -0.25) is 4.79 Å². The molecule has 3 aromatic rings. The molecule has 0 unspecified atom stereocenters. The highest BCUT2D eigenvalue weighted by Crippen LogP contribution is 2.32. The number of aromatic nitrogens is 2. The predicted molar refractivity (Wildman–Crippen MR) is 120 cm³/mol. The van der Waals surface area contributed by atoms with Gasteiger partial charge in [0.05, 0.1) is 10.8 Å². The maximum atomic E-state index is 13.1. The second-order valence-corrected chi connectivity index (χ2v) is 9.07. The van der Waals surface area contributed by atoms with Gasteiger partial charge >= 0.3 is 0 Å². The third kappa shape index (κ3) is 4.61. The molecule has 2 heterocycles. The molecule has 0 saturated carbocycles. The molecule has 1 fully saturated rings. The van der Waals surface area contributed by atoms with Crippen LogP contribution >= 0.6 is 11.8 Å². The first-order valence-electron chi connectivity index (χ1n) is 10.4. The van der Waals surface area contributed by atoms with Gasteiger partial charge in [-0.25, -0.2) is 9.97 Å². The third-order valence-corrected chi connectivity index (χ3v) is 6.49. The van der Waals surface area contributed by atoms with Crippen molar-refractivity contribution in [2.45, 2.75) is 49.8 Å². The van der Waals surface area contributed by atoms with Crippen molar-refractivity contribution in [3.8, 4) is 11.4 Å². The molecule has 4 nitrogen and oxygen atoms in total. The Hall–Kier alpha value is -2.40. The third-order valence-electron chi connectivity index (χ3n) is 5.40. The fourth-order valence-electron chi connectivity index (χ4n) is 3.79. The Morgan fingerprint density at radius 2 is 1.72 bits per heavy atom. The molecule has 4 rings (SSSR count). The van der Waals surface area contributed by atoms with Gasteiger partial charge in [0.2, 0.25) is 5.91 Å². The van der Waals surface area contributed by atoms with Gasteiger partial charge in [0, 0.05) is 24.0 Å². The minimum atomic E-state index is -0.171. The monoisotopic (exact) mass is 405 g/mol. The van der Waals surface area contributed by atoms with Gasteiger partial charge in [-0.15, -0.1) is 0 Å². The summed E-state index contributed by atoms with van der Waals surface area (Å²) >= 11 is 1.56. The number of amides is 1. The van der Waals surface area contributed by atoms with Crippen LogP contribution in [0, 0.1) is 6.92 Å². The topological polar surface area (TPSA) is 46.1 Å². The average molecular weight is 406 g/mol. The molecule has 0 N–H and O–H groups in total. The Morgan fingerprint density at radius 1 is 1.00 bits per heavy atom. The molecule has 0 spiro atoms. The van der Waals surface area contributed by atoms with Crippen molar-refractivity contribution in [3.63, 3.8) is 0 Å². The number of likely N-dealkylation sites (tertiary alicyclic amines) is 1. The number of rotatable bonds is 4. The van der Waals surface area contributed by atoms with E-state index < -0.39 is 0 Å². The van der Waals surface area contributed by atoms with Crippen LogP contribution in [-0.4, -0.2) is 39.1 Å². The molecule has 1 aromatic heterocycles. The number of fused-ring (bicyclic) bond motifs is 1. The van der Waals surface area contributed by atoms with Crippen LogP contribution in [0.4, 0.5) is 0 Å². The summed E-state index contributed by atoms with van der Waals surface area (Å²) in [6.45, 7) is 5.83. The molecule has 0 bridgehead atoms. The van der Waals surface area contributed by atoms with E-state index in [1.807, 2.05) is 48.2 Å². The summed E-state index contributed by atoms with van der Waals surface area (Å²) in [6.07, 6.45) is 4.66. The Balaban J connectivity index is 1.67. The Kier molecular flexibility index (Phi) is 6.14. The molecule has 1 aliphatic heterocycles. The van der Waals surface area contributed by atoms with Crippen molar-refractivity contribution >= 4 is 28.6 Å². The van der Waals surface area contributed by atoms with E-state index in [0.29, 0.717) is 5.82 Å². The maximum Gasteiger partial charge on any atom is 0.235 e. The summed E-state index contributed by atoms with van der Waals surface area (Å²) in [7, 11) is 0. The van der Waals surface area contributed by atoms with E-state index in [2.05, 4.69) is 19.1 Å². The van der Waals surface area contributed by atoms with Gasteiger partial charge in [-0.05, 0) is 38.8 Å². The first-order valence-corrected chi connectivity index (χ1v) is 11.3. The maximum absolute atomic E-state index is 13.1. The van der Waals surface area contributed by atoms with Crippen LogP contribution in [-0.2, 0) is 4.79 Å². The van der Waals surface area contributed by atoms with Crippen molar-refractivity contribution in [2.24, 2.45) is 0 Å². The van der Waals surface area contributed by atoms with Crippen molar-refractivity contribution in [3.05, 3.63) is 54.1 Å². The standard InChI is InChI=1S/C24H27N3OS/c1-17-12-13-21-20(16-17)23(26-22(25-21)19-10-6-5-7-11-19)29-18(2)24(28)27-14-8-3-4-9-15-27/h5-7,10-13,16,18H,3-4,8-9,14-15H2,1-2H3/t18-/m1/s1. The van der Waals surface area contributed by atoms with Crippen LogP contribution in [0.3, 0.4) is 0 Å². The Morgan fingerprint density at radius 3 is 2.45 bits per heavy atom. The molecule has 1 saturated heterocycles. The molecule has 5 heteroatoms. The van der Waals surface area contributed by atoms with Crippen molar-refractivity contribution in [1.29, 1.82) is 0 Å². The van der Waals surface area contributed by atoms with Crippen LogP contribution in [0.15, 0.2) is 53.6 Å². The van der Waals surface area contributed by atoms with Gasteiger partial charge < -0.3 is 4.90 Å². The summed E-state index contributed by atoms with van der Waals surface area (Å²) in [5.41, 5.74) is 3.08. The molecule has 1 amide bonds. The fraction of sp³-hybridized carbons (Fsp3) is 0.375.